The molecule has 1 N–H and O–H groups in total. The molecule has 0 amide bonds. The number of benzene rings is 1. The number of aryl methyl sites for hydroxylation is 1. The van der Waals surface area contributed by atoms with Gasteiger partial charge in [-0.1, -0.05) is 5.16 Å². The summed E-state index contributed by atoms with van der Waals surface area (Å²) in [5, 5.41) is 6.52. The summed E-state index contributed by atoms with van der Waals surface area (Å²) < 4.78 is 33.2. The minimum absolute atomic E-state index is 0.0335. The van der Waals surface area contributed by atoms with Crippen LogP contribution in [0, 0.1) is 11.6 Å². The lowest BCUT2D eigenvalue weighted by Gasteiger charge is -2.03. The van der Waals surface area contributed by atoms with Gasteiger partial charge in [-0.3, -0.25) is 0 Å². The Bertz CT molecular complexity index is 768. The van der Waals surface area contributed by atoms with Crippen molar-refractivity contribution in [3.05, 3.63) is 47.8 Å². The molecule has 108 valence electrons. The molecule has 2 aromatic heterocycles. The molecule has 3 rings (SSSR count). The Balaban J connectivity index is 1.73. The molecule has 0 fully saturated rings. The van der Waals surface area contributed by atoms with Crippen molar-refractivity contribution in [1.82, 2.24) is 19.7 Å². The molecule has 0 aliphatic carbocycles. The lowest BCUT2D eigenvalue weighted by Crippen LogP contribution is -2.02. The largest absolute Gasteiger partial charge is 0.334 e. The lowest BCUT2D eigenvalue weighted by molar-refractivity contribution is 0.431. The fourth-order valence-electron chi connectivity index (χ4n) is 1.82. The van der Waals surface area contributed by atoms with E-state index < -0.39 is 11.6 Å². The molecule has 0 bridgehead atoms. The van der Waals surface area contributed by atoms with Crippen molar-refractivity contribution in [2.24, 2.45) is 7.05 Å². The molecule has 0 saturated carbocycles. The number of nitrogens with one attached hydrogen (secondary N) is 1. The molecule has 0 atom stereocenters. The third-order valence-electron chi connectivity index (χ3n) is 2.89. The van der Waals surface area contributed by atoms with Crippen LogP contribution in [0.2, 0.25) is 0 Å². The summed E-state index contributed by atoms with van der Waals surface area (Å²) in [6.45, 7) is 0.0335. The van der Waals surface area contributed by atoms with Gasteiger partial charge >= 0.3 is 6.01 Å². The van der Waals surface area contributed by atoms with E-state index in [4.69, 9.17) is 4.52 Å². The molecular weight excluding hydrogens is 280 g/mol. The van der Waals surface area contributed by atoms with E-state index in [-0.39, 0.29) is 18.1 Å². The Morgan fingerprint density at radius 2 is 2.19 bits per heavy atom. The molecule has 0 unspecified atom stereocenters. The third-order valence-corrected chi connectivity index (χ3v) is 2.89. The Labute approximate surface area is 118 Å². The van der Waals surface area contributed by atoms with Crippen molar-refractivity contribution >= 4 is 6.01 Å². The van der Waals surface area contributed by atoms with Gasteiger partial charge in [0.15, 0.2) is 5.82 Å². The van der Waals surface area contributed by atoms with Gasteiger partial charge in [-0.15, -0.1) is 0 Å². The maximum Gasteiger partial charge on any atom is 0.322 e. The highest BCUT2D eigenvalue weighted by Gasteiger charge is 2.12. The molecular formula is C13H11F2N5O. The second-order valence-electron chi connectivity index (χ2n) is 4.37. The van der Waals surface area contributed by atoms with Crippen LogP contribution in [0.3, 0.4) is 0 Å². The second-order valence-corrected chi connectivity index (χ2v) is 4.37. The van der Waals surface area contributed by atoms with Crippen LogP contribution in [0.15, 0.2) is 35.1 Å². The summed E-state index contributed by atoms with van der Waals surface area (Å²) in [5.74, 6) is -0.159. The fourth-order valence-corrected chi connectivity index (χ4v) is 1.82. The normalized spacial score (nSPS) is 10.8. The molecule has 1 aromatic carbocycles. The summed E-state index contributed by atoms with van der Waals surface area (Å²) in [4.78, 5) is 8.18. The maximum absolute atomic E-state index is 13.5. The molecule has 0 radical (unpaired) electrons. The van der Waals surface area contributed by atoms with E-state index in [1.54, 1.807) is 24.0 Å². The van der Waals surface area contributed by atoms with Gasteiger partial charge in [0.1, 0.15) is 11.6 Å². The van der Waals surface area contributed by atoms with Crippen LogP contribution >= 0.6 is 0 Å². The summed E-state index contributed by atoms with van der Waals surface area (Å²) in [7, 11) is 1.80. The van der Waals surface area contributed by atoms with Gasteiger partial charge in [0.05, 0.1) is 0 Å². The Hall–Kier alpha value is -2.77. The van der Waals surface area contributed by atoms with Crippen LogP contribution in [0.4, 0.5) is 14.8 Å². The number of halogens is 2. The molecule has 0 aliphatic rings. The van der Waals surface area contributed by atoms with E-state index in [9.17, 15) is 8.78 Å². The molecule has 8 heteroatoms. The molecule has 21 heavy (non-hydrogen) atoms. The van der Waals surface area contributed by atoms with Gasteiger partial charge in [0.25, 0.3) is 0 Å². The number of rotatable bonds is 4. The van der Waals surface area contributed by atoms with Crippen LogP contribution in [0.1, 0.15) is 5.56 Å². The van der Waals surface area contributed by atoms with Gasteiger partial charge < -0.3 is 14.4 Å². The molecule has 0 aliphatic heterocycles. The topological polar surface area (TPSA) is 68.8 Å². The Kier molecular flexibility index (Phi) is 3.35. The first kappa shape index (κ1) is 13.2. The predicted molar refractivity (Wildman–Crippen MR) is 70.2 cm³/mol. The number of hydrogen-bond acceptors (Lipinski definition) is 5. The monoisotopic (exact) mass is 291 g/mol. The quantitative estimate of drug-likeness (QED) is 0.799. The molecule has 6 nitrogen and oxygen atoms in total. The average molecular weight is 291 g/mol. The standard InChI is InChI=1S/C13H11F2N5O/c1-20-5-4-16-12(20)11-18-13(21-19-11)17-7-8-6-9(14)2-3-10(8)15/h2-6H,7H2,1H3,(H,17,18,19). The van der Waals surface area contributed by atoms with Crippen molar-refractivity contribution in [3.8, 4) is 11.6 Å². The Morgan fingerprint density at radius 1 is 1.33 bits per heavy atom. The van der Waals surface area contributed by atoms with Gasteiger partial charge in [-0.05, 0) is 18.2 Å². The van der Waals surface area contributed by atoms with Crippen LogP contribution < -0.4 is 5.32 Å². The Morgan fingerprint density at radius 3 is 2.95 bits per heavy atom. The minimum atomic E-state index is -0.507. The van der Waals surface area contributed by atoms with E-state index in [0.29, 0.717) is 11.6 Å². The number of nitrogens with zero attached hydrogens (tertiary/aromatic N) is 4. The summed E-state index contributed by atoms with van der Waals surface area (Å²) in [6, 6.07) is 3.35. The molecule has 0 spiro atoms. The zero-order valence-corrected chi connectivity index (χ0v) is 11.0. The highest BCUT2D eigenvalue weighted by molar-refractivity contribution is 5.45. The maximum atomic E-state index is 13.5. The van der Waals surface area contributed by atoms with Gasteiger partial charge in [-0.25, -0.2) is 13.8 Å². The van der Waals surface area contributed by atoms with Crippen molar-refractivity contribution in [3.63, 3.8) is 0 Å². The SMILES string of the molecule is Cn1ccnc1-c1noc(NCc2cc(F)ccc2F)n1. The van der Waals surface area contributed by atoms with Crippen molar-refractivity contribution in [1.29, 1.82) is 0 Å². The van der Waals surface area contributed by atoms with E-state index in [1.165, 1.54) is 0 Å². The van der Waals surface area contributed by atoms with Crippen LogP contribution in [0.5, 0.6) is 0 Å². The van der Waals surface area contributed by atoms with E-state index in [2.05, 4.69) is 20.4 Å². The minimum Gasteiger partial charge on any atom is -0.334 e. The van der Waals surface area contributed by atoms with E-state index in [0.717, 1.165) is 18.2 Å². The van der Waals surface area contributed by atoms with Gasteiger partial charge in [0.2, 0.25) is 5.82 Å². The highest BCUT2D eigenvalue weighted by Crippen LogP contribution is 2.16. The summed E-state index contributed by atoms with van der Waals surface area (Å²) in [5.41, 5.74) is 0.173. The smallest absolute Gasteiger partial charge is 0.322 e. The molecule has 2 heterocycles. The number of aromatic nitrogens is 4. The van der Waals surface area contributed by atoms with Crippen molar-refractivity contribution in [2.45, 2.75) is 6.54 Å². The predicted octanol–water partition coefficient (Wildman–Crippen LogP) is 2.36. The third kappa shape index (κ3) is 2.73. The zero-order valence-electron chi connectivity index (χ0n) is 11.0. The molecule has 3 aromatic rings. The van der Waals surface area contributed by atoms with Crippen LogP contribution in [0.25, 0.3) is 11.6 Å². The first-order valence-electron chi connectivity index (χ1n) is 6.12. The van der Waals surface area contributed by atoms with E-state index >= 15 is 0 Å². The van der Waals surface area contributed by atoms with Crippen LogP contribution in [-0.2, 0) is 13.6 Å². The first-order chi connectivity index (χ1) is 10.1. The van der Waals surface area contributed by atoms with Gasteiger partial charge in [0, 0.05) is 31.5 Å². The second kappa shape index (κ2) is 5.31. The zero-order chi connectivity index (χ0) is 14.8. The highest BCUT2D eigenvalue weighted by atomic mass is 19.1. The summed E-state index contributed by atoms with van der Waals surface area (Å²) >= 11 is 0. The number of anilines is 1. The number of imidazole rings is 1. The van der Waals surface area contributed by atoms with Crippen LogP contribution in [-0.4, -0.2) is 19.7 Å². The lowest BCUT2D eigenvalue weighted by atomic mass is 10.2. The van der Waals surface area contributed by atoms with Gasteiger partial charge in [-0.2, -0.15) is 4.98 Å². The summed E-state index contributed by atoms with van der Waals surface area (Å²) in [6.07, 6.45) is 3.36. The number of hydrogen-bond donors (Lipinski definition) is 1. The van der Waals surface area contributed by atoms with Crippen molar-refractivity contribution < 1.29 is 13.3 Å². The average Bonchev–Trinajstić information content (AvgIpc) is 3.08. The van der Waals surface area contributed by atoms with Crippen molar-refractivity contribution in [2.75, 3.05) is 5.32 Å². The fraction of sp³-hybridized carbons (Fsp3) is 0.154. The molecule has 0 saturated heterocycles. The first-order valence-corrected chi connectivity index (χ1v) is 6.12. The van der Waals surface area contributed by atoms with E-state index in [1.807, 2.05) is 0 Å².